The number of nitrogens with one attached hydrogen (secondary N) is 1. The van der Waals surface area contributed by atoms with Crippen LogP contribution in [0.15, 0.2) is 27.6 Å². The first-order valence-corrected chi connectivity index (χ1v) is 6.90. The highest BCUT2D eigenvalue weighted by molar-refractivity contribution is 9.10. The summed E-state index contributed by atoms with van der Waals surface area (Å²) in [6, 6.07) is 5.09. The van der Waals surface area contributed by atoms with Gasteiger partial charge in [-0.2, -0.15) is 4.72 Å². The van der Waals surface area contributed by atoms with E-state index in [0.717, 1.165) is 5.56 Å². The van der Waals surface area contributed by atoms with E-state index in [9.17, 15) is 8.42 Å². The Labute approximate surface area is 104 Å². The molecule has 0 aliphatic rings. The van der Waals surface area contributed by atoms with Gasteiger partial charge in [-0.05, 0) is 47.5 Å². The van der Waals surface area contributed by atoms with Crippen molar-refractivity contribution in [2.45, 2.75) is 18.7 Å². The van der Waals surface area contributed by atoms with Gasteiger partial charge in [-0.3, -0.25) is 0 Å². The van der Waals surface area contributed by atoms with E-state index in [-0.39, 0.29) is 11.4 Å². The summed E-state index contributed by atoms with van der Waals surface area (Å²) in [5.41, 5.74) is 0.999. The van der Waals surface area contributed by atoms with Crippen LogP contribution in [-0.4, -0.2) is 15.0 Å². The minimum absolute atomic E-state index is 0.124. The van der Waals surface area contributed by atoms with Gasteiger partial charge >= 0.3 is 0 Å². The van der Waals surface area contributed by atoms with E-state index in [1.54, 1.807) is 25.1 Å². The van der Waals surface area contributed by atoms with E-state index < -0.39 is 10.0 Å². The van der Waals surface area contributed by atoms with Gasteiger partial charge in [-0.1, -0.05) is 12.0 Å². The van der Waals surface area contributed by atoms with Gasteiger partial charge in [0, 0.05) is 4.47 Å². The highest BCUT2D eigenvalue weighted by atomic mass is 79.9. The average molecular weight is 302 g/mol. The monoisotopic (exact) mass is 301 g/mol. The third kappa shape index (κ3) is 3.34. The molecule has 0 fully saturated rings. The first kappa shape index (κ1) is 13.2. The van der Waals surface area contributed by atoms with Crippen molar-refractivity contribution in [3.8, 4) is 11.8 Å². The van der Waals surface area contributed by atoms with E-state index in [0.29, 0.717) is 4.47 Å². The fraction of sp³-hybridized carbons (Fsp3) is 0.273. The van der Waals surface area contributed by atoms with Crippen LogP contribution in [-0.2, 0) is 10.0 Å². The van der Waals surface area contributed by atoms with Crippen LogP contribution in [0.3, 0.4) is 0 Å². The van der Waals surface area contributed by atoms with Crippen LogP contribution in [0, 0.1) is 18.8 Å². The summed E-state index contributed by atoms with van der Waals surface area (Å²) < 4.78 is 26.6. The predicted molar refractivity (Wildman–Crippen MR) is 67.5 cm³/mol. The van der Waals surface area contributed by atoms with Gasteiger partial charge in [0.15, 0.2) is 0 Å². The Bertz CT molecular complexity index is 541. The molecule has 0 aliphatic heterocycles. The van der Waals surface area contributed by atoms with Crippen molar-refractivity contribution in [3.63, 3.8) is 0 Å². The summed E-state index contributed by atoms with van der Waals surface area (Å²) in [7, 11) is -3.48. The average Bonchev–Trinajstić information content (AvgIpc) is 2.17. The first-order chi connectivity index (χ1) is 7.47. The van der Waals surface area contributed by atoms with Crippen molar-refractivity contribution in [2.75, 3.05) is 6.54 Å². The zero-order valence-electron chi connectivity index (χ0n) is 9.04. The van der Waals surface area contributed by atoms with Crippen molar-refractivity contribution >= 4 is 26.0 Å². The second-order valence-electron chi connectivity index (χ2n) is 3.19. The summed E-state index contributed by atoms with van der Waals surface area (Å²) in [5.74, 6) is 5.28. The van der Waals surface area contributed by atoms with Crippen LogP contribution in [0.5, 0.6) is 0 Å². The number of sulfonamides is 1. The SMILES string of the molecule is CC#CCNS(=O)(=O)c1ccc(C)cc1Br. The molecule has 1 rings (SSSR count). The lowest BCUT2D eigenvalue weighted by Crippen LogP contribution is -2.24. The maximum Gasteiger partial charge on any atom is 0.242 e. The summed E-state index contributed by atoms with van der Waals surface area (Å²) in [6.45, 7) is 3.69. The Kier molecular flexibility index (Phi) is 4.54. The zero-order chi connectivity index (χ0) is 12.2. The van der Waals surface area contributed by atoms with E-state index >= 15 is 0 Å². The molecule has 0 atom stereocenters. The summed E-state index contributed by atoms with van der Waals surface area (Å²) >= 11 is 3.24. The number of hydrogen-bond donors (Lipinski definition) is 1. The second-order valence-corrected chi connectivity index (χ2v) is 5.77. The third-order valence-corrected chi connectivity index (χ3v) is 4.28. The third-order valence-electron chi connectivity index (χ3n) is 1.90. The lowest BCUT2D eigenvalue weighted by atomic mass is 10.2. The number of halogens is 1. The van der Waals surface area contributed by atoms with Gasteiger partial charge < -0.3 is 0 Å². The number of aryl methyl sites for hydroxylation is 1. The molecule has 0 heterocycles. The summed E-state index contributed by atoms with van der Waals surface area (Å²) in [4.78, 5) is 0.232. The molecule has 0 spiro atoms. The van der Waals surface area contributed by atoms with Crippen LogP contribution in [0.25, 0.3) is 0 Å². The molecule has 0 amide bonds. The van der Waals surface area contributed by atoms with Crippen molar-refractivity contribution < 1.29 is 8.42 Å². The van der Waals surface area contributed by atoms with Crippen LogP contribution in [0.1, 0.15) is 12.5 Å². The molecule has 5 heteroatoms. The molecular formula is C11H12BrNO2S. The fourth-order valence-corrected chi connectivity index (χ4v) is 3.23. The van der Waals surface area contributed by atoms with Crippen LogP contribution >= 0.6 is 15.9 Å². The van der Waals surface area contributed by atoms with E-state index in [2.05, 4.69) is 32.5 Å². The molecule has 0 aliphatic carbocycles. The van der Waals surface area contributed by atoms with Gasteiger partial charge in [-0.25, -0.2) is 8.42 Å². The lowest BCUT2D eigenvalue weighted by Gasteiger charge is -2.06. The summed E-state index contributed by atoms with van der Waals surface area (Å²) in [6.07, 6.45) is 0. The zero-order valence-corrected chi connectivity index (χ0v) is 11.4. The highest BCUT2D eigenvalue weighted by Crippen LogP contribution is 2.22. The maximum atomic E-state index is 11.8. The minimum atomic E-state index is -3.48. The first-order valence-electron chi connectivity index (χ1n) is 4.63. The van der Waals surface area contributed by atoms with E-state index in [1.165, 1.54) is 0 Å². The van der Waals surface area contributed by atoms with E-state index in [4.69, 9.17) is 0 Å². The molecule has 1 aromatic rings. The topological polar surface area (TPSA) is 46.2 Å². The van der Waals surface area contributed by atoms with Crippen molar-refractivity contribution in [3.05, 3.63) is 28.2 Å². The Morgan fingerprint density at radius 3 is 2.69 bits per heavy atom. The van der Waals surface area contributed by atoms with Crippen LogP contribution in [0.2, 0.25) is 0 Å². The van der Waals surface area contributed by atoms with Gasteiger partial charge in [0.1, 0.15) is 0 Å². The number of benzene rings is 1. The summed E-state index contributed by atoms with van der Waals surface area (Å²) in [5, 5.41) is 0. The van der Waals surface area contributed by atoms with Crippen LogP contribution in [0.4, 0.5) is 0 Å². The van der Waals surface area contributed by atoms with Crippen molar-refractivity contribution in [2.24, 2.45) is 0 Å². The molecule has 0 saturated heterocycles. The lowest BCUT2D eigenvalue weighted by molar-refractivity contribution is 0.585. The second kappa shape index (κ2) is 5.48. The Hall–Kier alpha value is -0.830. The Balaban J connectivity index is 3.01. The molecule has 16 heavy (non-hydrogen) atoms. The predicted octanol–water partition coefficient (Wildman–Crippen LogP) is 2.06. The van der Waals surface area contributed by atoms with Gasteiger partial charge in [-0.15, -0.1) is 5.92 Å². The maximum absolute atomic E-state index is 11.8. The van der Waals surface area contributed by atoms with E-state index in [1.807, 2.05) is 6.92 Å². The minimum Gasteiger partial charge on any atom is -0.207 e. The van der Waals surface area contributed by atoms with Gasteiger partial charge in [0.05, 0.1) is 11.4 Å². The Morgan fingerprint density at radius 2 is 2.12 bits per heavy atom. The van der Waals surface area contributed by atoms with Crippen molar-refractivity contribution in [1.82, 2.24) is 4.72 Å². The molecule has 86 valence electrons. The fourth-order valence-electron chi connectivity index (χ4n) is 1.12. The molecule has 0 unspecified atom stereocenters. The molecule has 0 radical (unpaired) electrons. The Morgan fingerprint density at radius 1 is 1.44 bits per heavy atom. The molecular weight excluding hydrogens is 290 g/mol. The molecule has 3 nitrogen and oxygen atoms in total. The largest absolute Gasteiger partial charge is 0.242 e. The van der Waals surface area contributed by atoms with Crippen LogP contribution < -0.4 is 4.72 Å². The molecule has 1 N–H and O–H groups in total. The number of rotatable bonds is 3. The molecule has 1 aromatic carbocycles. The number of hydrogen-bond acceptors (Lipinski definition) is 2. The molecule has 0 aromatic heterocycles. The molecule has 0 bridgehead atoms. The quantitative estimate of drug-likeness (QED) is 0.869. The standard InChI is InChI=1S/C11H12BrNO2S/c1-3-4-7-13-16(14,15)11-6-5-9(2)8-10(11)12/h5-6,8,13H,7H2,1-2H3. The smallest absolute Gasteiger partial charge is 0.207 e. The highest BCUT2D eigenvalue weighted by Gasteiger charge is 2.16. The molecule has 0 saturated carbocycles. The van der Waals surface area contributed by atoms with Crippen molar-refractivity contribution in [1.29, 1.82) is 0 Å². The van der Waals surface area contributed by atoms with Gasteiger partial charge in [0.2, 0.25) is 10.0 Å². The normalized spacial score (nSPS) is 10.7. The van der Waals surface area contributed by atoms with Gasteiger partial charge in [0.25, 0.3) is 0 Å².